The van der Waals surface area contributed by atoms with Crippen molar-refractivity contribution in [3.05, 3.63) is 65.5 Å². The van der Waals surface area contributed by atoms with Gasteiger partial charge in [0.2, 0.25) is 0 Å². The molecule has 2 amide bonds. The maximum Gasteiger partial charge on any atom is 0.430 e. The number of alkyl halides is 6. The molecule has 7 nitrogen and oxygen atoms in total. The van der Waals surface area contributed by atoms with Gasteiger partial charge in [-0.05, 0) is 50.1 Å². The number of aliphatic imine (C=N–C) groups is 1. The van der Waals surface area contributed by atoms with Crippen LogP contribution in [0.4, 0.5) is 41.2 Å². The Labute approximate surface area is 249 Å². The summed E-state index contributed by atoms with van der Waals surface area (Å²) in [4.78, 5) is 30.0. The third kappa shape index (κ3) is 7.69. The lowest BCUT2D eigenvalue weighted by atomic mass is 9.81. The first-order chi connectivity index (χ1) is 20.6. The Morgan fingerprint density at radius 1 is 1.07 bits per heavy atom. The van der Waals surface area contributed by atoms with E-state index in [1.54, 1.807) is 23.1 Å². The summed E-state index contributed by atoms with van der Waals surface area (Å²) in [6.07, 6.45) is -3.04. The van der Waals surface area contributed by atoms with Crippen molar-refractivity contribution in [3.63, 3.8) is 0 Å². The molecular formula is C30H33F7N4O3. The number of nitrogens with one attached hydrogen (secondary N) is 2. The van der Waals surface area contributed by atoms with Crippen molar-refractivity contribution in [2.24, 2.45) is 4.99 Å². The number of nitrogens with zero attached hydrogens (tertiary/aromatic N) is 2. The van der Waals surface area contributed by atoms with E-state index in [1.165, 1.54) is 30.7 Å². The number of quaternary nitrogens is 1. The van der Waals surface area contributed by atoms with Gasteiger partial charge in [0.15, 0.2) is 0 Å². The van der Waals surface area contributed by atoms with Gasteiger partial charge in [-0.15, -0.1) is 0 Å². The second kappa shape index (κ2) is 13.1. The first kappa shape index (κ1) is 33.2. The van der Waals surface area contributed by atoms with Gasteiger partial charge in [0, 0.05) is 24.1 Å². The van der Waals surface area contributed by atoms with Crippen molar-refractivity contribution in [1.29, 1.82) is 0 Å². The van der Waals surface area contributed by atoms with E-state index < -0.39 is 35.2 Å². The van der Waals surface area contributed by atoms with Crippen LogP contribution in [0.3, 0.4) is 0 Å². The van der Waals surface area contributed by atoms with Gasteiger partial charge in [0.25, 0.3) is 0 Å². The van der Waals surface area contributed by atoms with Gasteiger partial charge >= 0.3 is 18.4 Å². The van der Waals surface area contributed by atoms with Crippen molar-refractivity contribution < 1.29 is 50.3 Å². The molecule has 1 spiro atoms. The second-order valence-electron chi connectivity index (χ2n) is 11.5. The highest BCUT2D eigenvalue weighted by atomic mass is 19.4. The molecule has 2 N–H and O–H groups in total. The Morgan fingerprint density at radius 2 is 1.73 bits per heavy atom. The molecule has 3 fully saturated rings. The van der Waals surface area contributed by atoms with E-state index >= 15 is 0 Å². The molecule has 2 aliphatic heterocycles. The molecule has 5 rings (SSSR count). The molecule has 2 saturated heterocycles. The standard InChI is InChI=1S/C28H32F4N4O.C2HF3O2/c1-19-17-27(13-14-35(19)18-20-7-5-8-21(15-20)28(30,31)32)25(33-23-10-3-2-4-11-23)34-26(37)36(27)24-12-6-9-22(29)16-24;3-2(4,5)1(6)7/h5-9,12,15-16,19,23H,2-4,10-11,13-14,17-18H2,1H3,(H,33,34,37);(H,6,7)/t19-,27+;/m1./s1. The number of amides is 2. The molecule has 1 aliphatic carbocycles. The number of piperidine rings is 1. The largest absolute Gasteiger partial charge is 0.542 e. The highest BCUT2D eigenvalue weighted by Crippen LogP contribution is 2.38. The number of benzene rings is 2. The Bertz CT molecular complexity index is 1370. The number of carbonyl (C=O) groups excluding carboxylic acids is 2. The van der Waals surface area contributed by atoms with Crippen LogP contribution in [-0.4, -0.2) is 48.2 Å². The minimum Gasteiger partial charge on any atom is -0.542 e. The van der Waals surface area contributed by atoms with Crippen LogP contribution >= 0.6 is 0 Å². The van der Waals surface area contributed by atoms with Crippen LogP contribution in [0.25, 0.3) is 0 Å². The predicted octanol–water partition coefficient (Wildman–Crippen LogP) is 4.41. The van der Waals surface area contributed by atoms with Crippen LogP contribution < -0.4 is 20.2 Å². The average molecular weight is 631 g/mol. The zero-order valence-corrected chi connectivity index (χ0v) is 23.9. The molecule has 2 heterocycles. The molecular weight excluding hydrogens is 597 g/mol. The second-order valence-corrected chi connectivity index (χ2v) is 11.5. The van der Waals surface area contributed by atoms with Gasteiger partial charge in [-0.3, -0.25) is 15.2 Å². The summed E-state index contributed by atoms with van der Waals surface area (Å²) >= 11 is 0. The van der Waals surface area contributed by atoms with Crippen LogP contribution in [0.1, 0.15) is 63.0 Å². The number of rotatable bonds is 4. The lowest BCUT2D eigenvalue weighted by Crippen LogP contribution is -3.16. The van der Waals surface area contributed by atoms with Gasteiger partial charge < -0.3 is 14.8 Å². The summed E-state index contributed by atoms with van der Waals surface area (Å²) in [6.45, 7) is 3.16. The third-order valence-electron chi connectivity index (χ3n) is 8.37. The molecule has 2 aromatic carbocycles. The van der Waals surface area contributed by atoms with Crippen LogP contribution in [0.5, 0.6) is 0 Å². The number of aliphatic carboxylic acids is 1. The van der Waals surface area contributed by atoms with Crippen LogP contribution in [0.2, 0.25) is 0 Å². The fourth-order valence-electron chi connectivity index (χ4n) is 6.27. The van der Waals surface area contributed by atoms with E-state index in [1.807, 2.05) is 0 Å². The number of hydrogen-bond donors (Lipinski definition) is 2. The molecule has 1 unspecified atom stereocenters. The summed E-state index contributed by atoms with van der Waals surface area (Å²) in [5, 5.41) is 11.8. The summed E-state index contributed by atoms with van der Waals surface area (Å²) < 4.78 is 85.5. The predicted molar refractivity (Wildman–Crippen MR) is 145 cm³/mol. The zero-order valence-electron chi connectivity index (χ0n) is 23.9. The number of hydrogen-bond acceptors (Lipinski definition) is 4. The summed E-state index contributed by atoms with van der Waals surface area (Å²) in [7, 11) is 0. The molecule has 44 heavy (non-hydrogen) atoms. The molecule has 1 saturated carbocycles. The molecule has 0 radical (unpaired) electrons. The lowest BCUT2D eigenvalue weighted by molar-refractivity contribution is -0.942. The molecule has 14 heteroatoms. The normalized spacial score (nSPS) is 25.5. The minimum atomic E-state index is -5.19. The number of carboxylic acid groups (broad SMARTS) is 1. The first-order valence-corrected chi connectivity index (χ1v) is 14.3. The minimum absolute atomic E-state index is 0.0311. The van der Waals surface area contributed by atoms with E-state index in [0.717, 1.165) is 36.6 Å². The zero-order chi connectivity index (χ0) is 32.3. The summed E-state index contributed by atoms with van der Waals surface area (Å²) in [5.41, 5.74) is -0.263. The van der Waals surface area contributed by atoms with E-state index in [0.29, 0.717) is 43.0 Å². The number of amidine groups is 1. The molecule has 3 atom stereocenters. The monoisotopic (exact) mass is 630 g/mol. The van der Waals surface area contributed by atoms with E-state index in [2.05, 4.69) is 12.2 Å². The maximum absolute atomic E-state index is 14.2. The van der Waals surface area contributed by atoms with E-state index in [-0.39, 0.29) is 18.1 Å². The molecule has 2 aromatic rings. The maximum atomic E-state index is 14.2. The van der Waals surface area contributed by atoms with Crippen molar-refractivity contribution >= 4 is 23.5 Å². The van der Waals surface area contributed by atoms with Crippen molar-refractivity contribution in [3.8, 4) is 0 Å². The van der Waals surface area contributed by atoms with Gasteiger partial charge in [-0.25, -0.2) is 9.18 Å². The highest BCUT2D eigenvalue weighted by Gasteiger charge is 2.56. The average Bonchev–Trinajstić information content (AvgIpc) is 3.20. The van der Waals surface area contributed by atoms with Crippen LogP contribution in [0.15, 0.2) is 53.5 Å². The Morgan fingerprint density at radius 3 is 2.32 bits per heavy atom. The van der Waals surface area contributed by atoms with Gasteiger partial charge in [0.1, 0.15) is 29.7 Å². The fraction of sp³-hybridized carbons (Fsp3) is 0.500. The molecule has 240 valence electrons. The number of halogens is 7. The Hall–Kier alpha value is -3.68. The molecule has 0 bridgehead atoms. The van der Waals surface area contributed by atoms with Crippen molar-refractivity contribution in [2.45, 2.75) is 88.4 Å². The van der Waals surface area contributed by atoms with Gasteiger partial charge in [-0.1, -0.05) is 37.5 Å². The third-order valence-corrected chi connectivity index (χ3v) is 8.37. The SMILES string of the molecule is C[C@@H]1C[C@@]2(CC[NH+]1Cc1cccc(C(F)(F)F)c1)C(=NC1CCCCC1)NC(=O)N2c1cccc(F)c1.O=C([O-])C(F)(F)F. The highest BCUT2D eigenvalue weighted by molar-refractivity contribution is 6.19. The van der Waals surface area contributed by atoms with Crippen molar-refractivity contribution in [1.82, 2.24) is 5.32 Å². The Kier molecular flexibility index (Phi) is 9.91. The first-order valence-electron chi connectivity index (χ1n) is 14.3. The quantitative estimate of drug-likeness (QED) is 0.491. The van der Waals surface area contributed by atoms with Gasteiger partial charge in [-0.2, -0.15) is 26.3 Å². The molecule has 0 aromatic heterocycles. The smallest absolute Gasteiger partial charge is 0.430 e. The lowest BCUT2D eigenvalue weighted by Gasteiger charge is -2.45. The number of carboxylic acids is 1. The summed E-state index contributed by atoms with van der Waals surface area (Å²) in [6, 6.07) is 11.4. The van der Waals surface area contributed by atoms with Crippen molar-refractivity contribution in [2.75, 3.05) is 11.4 Å². The van der Waals surface area contributed by atoms with Crippen LogP contribution in [0, 0.1) is 5.82 Å². The van der Waals surface area contributed by atoms with E-state index in [4.69, 9.17) is 14.9 Å². The summed E-state index contributed by atoms with van der Waals surface area (Å²) in [5.74, 6) is -2.77. The van der Waals surface area contributed by atoms with Gasteiger partial charge in [0.05, 0.1) is 24.2 Å². The molecule has 3 aliphatic rings. The number of likely N-dealkylation sites (tertiary alicyclic amines) is 1. The number of anilines is 1. The number of carbonyl (C=O) groups is 2. The Balaban J connectivity index is 0.000000566. The number of urea groups is 1. The fourth-order valence-corrected chi connectivity index (χ4v) is 6.27. The topological polar surface area (TPSA) is 89.3 Å². The van der Waals surface area contributed by atoms with Crippen LogP contribution in [-0.2, 0) is 17.5 Å². The van der Waals surface area contributed by atoms with E-state index in [9.17, 15) is 35.5 Å².